The molecule has 0 bridgehead atoms. The molecule has 0 amide bonds. The van der Waals surface area contributed by atoms with Gasteiger partial charge in [-0.25, -0.2) is 9.97 Å². The van der Waals surface area contributed by atoms with Crippen LogP contribution in [0.2, 0.25) is 0 Å². The van der Waals surface area contributed by atoms with Crippen molar-refractivity contribution in [3.63, 3.8) is 0 Å². The van der Waals surface area contributed by atoms with Crippen molar-refractivity contribution in [2.75, 3.05) is 0 Å². The molecule has 4 nitrogen and oxygen atoms in total. The van der Waals surface area contributed by atoms with Gasteiger partial charge in [-0.15, -0.1) is 0 Å². The normalized spacial score (nSPS) is 17.9. The zero-order valence-corrected chi connectivity index (χ0v) is 11.8. The van der Waals surface area contributed by atoms with Gasteiger partial charge >= 0.3 is 0 Å². The van der Waals surface area contributed by atoms with Crippen molar-refractivity contribution in [1.82, 2.24) is 9.97 Å². The number of phenols is 1. The molecule has 0 aliphatic heterocycles. The van der Waals surface area contributed by atoms with Crippen LogP contribution in [0.1, 0.15) is 41.3 Å². The molecule has 0 radical (unpaired) electrons. The van der Waals surface area contributed by atoms with E-state index in [0.717, 1.165) is 47.2 Å². The molecule has 0 fully saturated rings. The van der Waals surface area contributed by atoms with Gasteiger partial charge in [-0.3, -0.25) is 0 Å². The van der Waals surface area contributed by atoms with E-state index in [9.17, 15) is 5.11 Å². The maximum absolute atomic E-state index is 9.85. The molecule has 1 aliphatic rings. The smallest absolute Gasteiger partial charge is 0.159 e. The minimum absolute atomic E-state index is 0.0658. The highest BCUT2D eigenvalue weighted by Crippen LogP contribution is 2.30. The Hall–Kier alpha value is -1.94. The fourth-order valence-corrected chi connectivity index (χ4v) is 2.81. The average molecular weight is 269 g/mol. The van der Waals surface area contributed by atoms with Crippen molar-refractivity contribution in [2.45, 2.75) is 39.2 Å². The van der Waals surface area contributed by atoms with E-state index < -0.39 is 0 Å². The first-order chi connectivity index (χ1) is 9.56. The van der Waals surface area contributed by atoms with E-state index in [-0.39, 0.29) is 6.04 Å². The lowest BCUT2D eigenvalue weighted by Crippen LogP contribution is -2.19. The van der Waals surface area contributed by atoms with Gasteiger partial charge in [0.05, 0.1) is 0 Å². The summed E-state index contributed by atoms with van der Waals surface area (Å²) in [7, 11) is 0. The molecule has 1 atom stereocenters. The van der Waals surface area contributed by atoms with Crippen LogP contribution >= 0.6 is 0 Å². The number of aromatic nitrogens is 2. The van der Waals surface area contributed by atoms with Crippen LogP contribution in [-0.2, 0) is 6.42 Å². The molecule has 1 aromatic heterocycles. The maximum Gasteiger partial charge on any atom is 0.159 e. The number of hydrogen-bond donors (Lipinski definition) is 2. The van der Waals surface area contributed by atoms with Gasteiger partial charge in [-0.2, -0.15) is 0 Å². The molecule has 1 heterocycles. The number of aromatic hydroxyl groups is 1. The molecule has 3 N–H and O–H groups in total. The first-order valence-electron chi connectivity index (χ1n) is 6.98. The molecule has 20 heavy (non-hydrogen) atoms. The molecule has 0 spiro atoms. The van der Waals surface area contributed by atoms with E-state index in [1.165, 1.54) is 0 Å². The lowest BCUT2D eigenvalue weighted by Gasteiger charge is -2.21. The van der Waals surface area contributed by atoms with Crippen LogP contribution in [0.3, 0.4) is 0 Å². The van der Waals surface area contributed by atoms with Gasteiger partial charge in [-0.05, 0) is 56.4 Å². The van der Waals surface area contributed by atoms with Gasteiger partial charge in [-0.1, -0.05) is 0 Å². The zero-order valence-electron chi connectivity index (χ0n) is 11.8. The van der Waals surface area contributed by atoms with Crippen LogP contribution < -0.4 is 5.73 Å². The summed E-state index contributed by atoms with van der Waals surface area (Å²) >= 11 is 0. The largest absolute Gasteiger partial charge is 0.507 e. The summed E-state index contributed by atoms with van der Waals surface area (Å²) in [4.78, 5) is 9.12. The Balaban J connectivity index is 2.07. The second-order valence-electron chi connectivity index (χ2n) is 5.55. The predicted octanol–water partition coefficient (Wildman–Crippen LogP) is 2.80. The van der Waals surface area contributed by atoms with Crippen LogP contribution in [0.25, 0.3) is 11.4 Å². The number of nitrogens with two attached hydrogens (primary N) is 1. The Kier molecular flexibility index (Phi) is 3.18. The van der Waals surface area contributed by atoms with Gasteiger partial charge in [0.1, 0.15) is 5.75 Å². The van der Waals surface area contributed by atoms with E-state index in [4.69, 9.17) is 5.73 Å². The van der Waals surface area contributed by atoms with Crippen LogP contribution in [0.15, 0.2) is 18.3 Å². The highest BCUT2D eigenvalue weighted by atomic mass is 16.3. The van der Waals surface area contributed by atoms with Gasteiger partial charge < -0.3 is 10.8 Å². The lowest BCUT2D eigenvalue weighted by molar-refractivity contribution is 0.467. The fraction of sp³-hybridized carbons (Fsp3) is 0.375. The van der Waals surface area contributed by atoms with Gasteiger partial charge in [0.2, 0.25) is 0 Å². The number of benzene rings is 1. The van der Waals surface area contributed by atoms with Crippen molar-refractivity contribution in [3.8, 4) is 17.1 Å². The molecule has 3 rings (SSSR count). The van der Waals surface area contributed by atoms with Crippen LogP contribution in [0, 0.1) is 13.8 Å². The van der Waals surface area contributed by atoms with Crippen molar-refractivity contribution < 1.29 is 5.11 Å². The summed E-state index contributed by atoms with van der Waals surface area (Å²) in [6, 6.07) is 3.91. The van der Waals surface area contributed by atoms with Crippen molar-refractivity contribution in [2.24, 2.45) is 5.73 Å². The third-order valence-electron chi connectivity index (χ3n) is 3.98. The molecule has 104 valence electrons. The summed E-state index contributed by atoms with van der Waals surface area (Å²) in [6.07, 6.45) is 4.92. The summed E-state index contributed by atoms with van der Waals surface area (Å²) < 4.78 is 0. The van der Waals surface area contributed by atoms with Crippen LogP contribution in [0.5, 0.6) is 5.75 Å². The molecule has 4 heteroatoms. The minimum Gasteiger partial charge on any atom is -0.507 e. The summed E-state index contributed by atoms with van der Waals surface area (Å²) in [5, 5.41) is 9.85. The SMILES string of the molecule is Cc1cc(-c2ncc3c(n2)CCCC3N)cc(C)c1O. The first-order valence-corrected chi connectivity index (χ1v) is 6.98. The van der Waals surface area contributed by atoms with Gasteiger partial charge in [0.15, 0.2) is 5.82 Å². The number of phenolic OH excluding ortho intramolecular Hbond substituents is 1. The highest BCUT2D eigenvalue weighted by Gasteiger charge is 2.19. The van der Waals surface area contributed by atoms with E-state index in [2.05, 4.69) is 9.97 Å². The molecular formula is C16H19N3O. The molecular weight excluding hydrogens is 250 g/mol. The Morgan fingerprint density at radius 2 is 1.95 bits per heavy atom. The first kappa shape index (κ1) is 13.1. The number of hydrogen-bond acceptors (Lipinski definition) is 4. The van der Waals surface area contributed by atoms with Crippen LogP contribution in [-0.4, -0.2) is 15.1 Å². The molecule has 0 saturated carbocycles. The van der Waals surface area contributed by atoms with Crippen molar-refractivity contribution in [1.29, 1.82) is 0 Å². The van der Waals surface area contributed by atoms with Crippen molar-refractivity contribution >= 4 is 0 Å². The fourth-order valence-electron chi connectivity index (χ4n) is 2.81. The Morgan fingerprint density at radius 3 is 2.65 bits per heavy atom. The number of rotatable bonds is 1. The van der Waals surface area contributed by atoms with E-state index in [0.29, 0.717) is 11.6 Å². The molecule has 0 saturated heterocycles. The third-order valence-corrected chi connectivity index (χ3v) is 3.98. The topological polar surface area (TPSA) is 72.0 Å². The number of nitrogens with zero attached hydrogens (tertiary/aromatic N) is 2. The van der Waals surface area contributed by atoms with Gasteiger partial charge in [0.25, 0.3) is 0 Å². The van der Waals surface area contributed by atoms with Crippen LogP contribution in [0.4, 0.5) is 0 Å². The van der Waals surface area contributed by atoms with E-state index >= 15 is 0 Å². The summed E-state index contributed by atoms with van der Waals surface area (Å²) in [5.41, 5.74) is 10.9. The molecule has 1 aliphatic carbocycles. The average Bonchev–Trinajstić information content (AvgIpc) is 2.44. The van der Waals surface area contributed by atoms with E-state index in [1.54, 1.807) is 0 Å². The van der Waals surface area contributed by atoms with Crippen molar-refractivity contribution in [3.05, 3.63) is 40.7 Å². The molecule has 2 aromatic rings. The highest BCUT2D eigenvalue weighted by molar-refractivity contribution is 5.61. The Morgan fingerprint density at radius 1 is 1.25 bits per heavy atom. The maximum atomic E-state index is 9.85. The molecule has 1 unspecified atom stereocenters. The number of aryl methyl sites for hydroxylation is 3. The second kappa shape index (κ2) is 4.87. The quantitative estimate of drug-likeness (QED) is 0.835. The molecule has 1 aromatic carbocycles. The van der Waals surface area contributed by atoms with Gasteiger partial charge in [0, 0.05) is 29.1 Å². The minimum atomic E-state index is 0.0658. The second-order valence-corrected chi connectivity index (χ2v) is 5.55. The standard InChI is InChI=1S/C16H19N3O/c1-9-6-11(7-10(2)15(9)20)16-18-8-12-13(17)4-3-5-14(12)19-16/h6-8,13,20H,3-5,17H2,1-2H3. The van der Waals surface area contributed by atoms with E-state index in [1.807, 2.05) is 32.2 Å². The predicted molar refractivity (Wildman–Crippen MR) is 78.5 cm³/mol. The summed E-state index contributed by atoms with van der Waals surface area (Å²) in [5.74, 6) is 1.05. The number of fused-ring (bicyclic) bond motifs is 1. The summed E-state index contributed by atoms with van der Waals surface area (Å²) in [6.45, 7) is 3.78. The lowest BCUT2D eigenvalue weighted by atomic mass is 9.93. The Bertz CT molecular complexity index is 644. The third kappa shape index (κ3) is 2.16. The monoisotopic (exact) mass is 269 g/mol. The Labute approximate surface area is 118 Å². The zero-order chi connectivity index (χ0) is 14.3.